The number of nitrogens with one attached hydrogen (secondary N) is 1. The van der Waals surface area contributed by atoms with Gasteiger partial charge in [-0.3, -0.25) is 9.59 Å². The highest BCUT2D eigenvalue weighted by Gasteiger charge is 2.44. The quantitative estimate of drug-likeness (QED) is 0.927. The molecule has 1 unspecified atom stereocenters. The summed E-state index contributed by atoms with van der Waals surface area (Å²) in [5.41, 5.74) is -0.987. The highest BCUT2D eigenvalue weighted by atomic mass is 19.2. The number of amides is 2. The maximum absolute atomic E-state index is 13.8. The molecule has 2 amide bonds. The molecule has 2 rings (SSSR count). The monoisotopic (exact) mass is 296 g/mol. The van der Waals surface area contributed by atoms with Gasteiger partial charge in [0.25, 0.3) is 0 Å². The minimum atomic E-state index is -1.05. The molecule has 1 N–H and O–H groups in total. The molecule has 1 aliphatic rings. The number of rotatable bonds is 3. The van der Waals surface area contributed by atoms with Crippen molar-refractivity contribution in [2.75, 3.05) is 0 Å². The van der Waals surface area contributed by atoms with Crippen molar-refractivity contribution in [3.63, 3.8) is 0 Å². The molecule has 0 radical (unpaired) electrons. The summed E-state index contributed by atoms with van der Waals surface area (Å²) in [6, 6.07) is 3.14. The van der Waals surface area contributed by atoms with Crippen LogP contribution in [0, 0.1) is 11.6 Å². The fourth-order valence-electron chi connectivity index (χ4n) is 2.53. The average molecular weight is 296 g/mol. The summed E-state index contributed by atoms with van der Waals surface area (Å²) < 4.78 is 27.1. The zero-order chi connectivity index (χ0) is 15.8. The van der Waals surface area contributed by atoms with E-state index in [0.717, 1.165) is 6.07 Å². The summed E-state index contributed by atoms with van der Waals surface area (Å²) in [7, 11) is 0. The zero-order valence-corrected chi connectivity index (χ0v) is 12.2. The van der Waals surface area contributed by atoms with Gasteiger partial charge >= 0.3 is 0 Å². The lowest BCUT2D eigenvalue weighted by Gasteiger charge is -2.42. The van der Waals surface area contributed by atoms with E-state index in [9.17, 15) is 18.4 Å². The molecule has 0 bridgehead atoms. The van der Waals surface area contributed by atoms with Crippen LogP contribution in [-0.2, 0) is 16.1 Å². The maximum atomic E-state index is 13.8. The summed E-state index contributed by atoms with van der Waals surface area (Å²) in [6.45, 7) is 4.82. The van der Waals surface area contributed by atoms with Crippen LogP contribution in [0.2, 0.25) is 0 Å². The predicted octanol–water partition coefficient (Wildman–Crippen LogP) is 1.98. The Kier molecular flexibility index (Phi) is 3.98. The lowest BCUT2D eigenvalue weighted by atomic mass is 9.95. The van der Waals surface area contributed by atoms with Gasteiger partial charge in [0, 0.05) is 12.1 Å². The van der Waals surface area contributed by atoms with Gasteiger partial charge in [0.15, 0.2) is 11.6 Å². The molecule has 4 nitrogen and oxygen atoms in total. The highest BCUT2D eigenvalue weighted by Crippen LogP contribution is 2.23. The fraction of sp³-hybridized carbons (Fsp3) is 0.467. The fourth-order valence-corrected chi connectivity index (χ4v) is 2.53. The van der Waals surface area contributed by atoms with E-state index in [2.05, 4.69) is 5.32 Å². The number of hydrogen-bond donors (Lipinski definition) is 1. The second-order valence-corrected chi connectivity index (χ2v) is 5.68. The highest BCUT2D eigenvalue weighted by molar-refractivity contribution is 5.99. The molecule has 1 heterocycles. The smallest absolute Gasteiger partial charge is 0.248 e. The number of carbonyl (C=O) groups is 2. The minimum Gasteiger partial charge on any atom is -0.340 e. The van der Waals surface area contributed by atoms with Gasteiger partial charge in [0.1, 0.15) is 11.6 Å². The first kappa shape index (κ1) is 15.4. The largest absolute Gasteiger partial charge is 0.340 e. The third-order valence-electron chi connectivity index (χ3n) is 3.67. The molecule has 0 saturated carbocycles. The van der Waals surface area contributed by atoms with Crippen LogP contribution < -0.4 is 5.32 Å². The Balaban J connectivity index is 2.36. The minimum absolute atomic E-state index is 0.0623. The van der Waals surface area contributed by atoms with Gasteiger partial charge < -0.3 is 10.2 Å². The van der Waals surface area contributed by atoms with Crippen LogP contribution in [0.4, 0.5) is 8.78 Å². The Hall–Kier alpha value is -1.98. The van der Waals surface area contributed by atoms with Gasteiger partial charge in [-0.15, -0.1) is 0 Å². The normalized spacial score (nSPS) is 21.4. The van der Waals surface area contributed by atoms with Crippen LogP contribution in [0.1, 0.15) is 32.8 Å². The lowest BCUT2D eigenvalue weighted by Crippen LogP contribution is -2.67. The van der Waals surface area contributed by atoms with Crippen LogP contribution in [-0.4, -0.2) is 28.3 Å². The number of halogens is 2. The molecule has 0 spiro atoms. The Bertz CT molecular complexity index is 587. The van der Waals surface area contributed by atoms with E-state index in [1.54, 1.807) is 20.8 Å². The molecule has 6 heteroatoms. The van der Waals surface area contributed by atoms with Crippen molar-refractivity contribution in [3.05, 3.63) is 35.4 Å². The van der Waals surface area contributed by atoms with Crippen molar-refractivity contribution < 1.29 is 18.4 Å². The first-order valence-corrected chi connectivity index (χ1v) is 6.84. The SMILES string of the molecule is CCC1C(=O)NC(C)(C)C(=O)N1Cc1cccc(F)c1F. The van der Waals surface area contributed by atoms with Crippen molar-refractivity contribution in [2.24, 2.45) is 0 Å². The summed E-state index contributed by atoms with van der Waals surface area (Å²) in [4.78, 5) is 25.8. The van der Waals surface area contributed by atoms with Crippen LogP contribution in [0.5, 0.6) is 0 Å². The van der Waals surface area contributed by atoms with E-state index < -0.39 is 23.2 Å². The van der Waals surface area contributed by atoms with E-state index >= 15 is 0 Å². The second-order valence-electron chi connectivity index (χ2n) is 5.68. The van der Waals surface area contributed by atoms with Crippen molar-refractivity contribution >= 4 is 11.8 Å². The van der Waals surface area contributed by atoms with Gasteiger partial charge in [0.05, 0.1) is 0 Å². The van der Waals surface area contributed by atoms with E-state index in [4.69, 9.17) is 0 Å². The number of carbonyl (C=O) groups excluding carboxylic acids is 2. The molecule has 21 heavy (non-hydrogen) atoms. The van der Waals surface area contributed by atoms with E-state index in [0.29, 0.717) is 6.42 Å². The third-order valence-corrected chi connectivity index (χ3v) is 3.67. The van der Waals surface area contributed by atoms with Gasteiger partial charge in [-0.25, -0.2) is 8.78 Å². The molecule has 0 aromatic heterocycles. The average Bonchev–Trinajstić information content (AvgIpc) is 2.40. The summed E-state index contributed by atoms with van der Waals surface area (Å²) in [5.74, 6) is -2.53. The molecule has 1 atom stereocenters. The van der Waals surface area contributed by atoms with Crippen molar-refractivity contribution in [1.82, 2.24) is 10.2 Å². The van der Waals surface area contributed by atoms with Gasteiger partial charge in [0.2, 0.25) is 11.8 Å². The molecule has 1 aliphatic heterocycles. The number of nitrogens with zero attached hydrogens (tertiary/aromatic N) is 1. The number of hydrogen-bond acceptors (Lipinski definition) is 2. The number of benzene rings is 1. The summed E-state index contributed by atoms with van der Waals surface area (Å²) in [5, 5.41) is 2.65. The predicted molar refractivity (Wildman–Crippen MR) is 73.2 cm³/mol. The first-order chi connectivity index (χ1) is 9.77. The molecule has 114 valence electrons. The van der Waals surface area contributed by atoms with Crippen molar-refractivity contribution in [2.45, 2.75) is 45.3 Å². The third kappa shape index (κ3) is 2.75. The van der Waals surface area contributed by atoms with Crippen LogP contribution >= 0.6 is 0 Å². The van der Waals surface area contributed by atoms with Gasteiger partial charge in [-0.2, -0.15) is 0 Å². The molecule has 1 saturated heterocycles. The Morgan fingerprint density at radius 2 is 1.95 bits per heavy atom. The Morgan fingerprint density at radius 1 is 1.29 bits per heavy atom. The van der Waals surface area contributed by atoms with E-state index in [1.165, 1.54) is 17.0 Å². The summed E-state index contributed by atoms with van der Waals surface area (Å²) in [6.07, 6.45) is 0.407. The Morgan fingerprint density at radius 3 is 2.57 bits per heavy atom. The van der Waals surface area contributed by atoms with Crippen LogP contribution in [0.25, 0.3) is 0 Å². The lowest BCUT2D eigenvalue weighted by molar-refractivity contribution is -0.154. The van der Waals surface area contributed by atoms with E-state index in [1.807, 2.05) is 0 Å². The molecular weight excluding hydrogens is 278 g/mol. The summed E-state index contributed by atoms with van der Waals surface area (Å²) >= 11 is 0. The van der Waals surface area contributed by atoms with Gasteiger partial charge in [-0.1, -0.05) is 19.1 Å². The molecule has 1 fully saturated rings. The van der Waals surface area contributed by atoms with Crippen LogP contribution in [0.15, 0.2) is 18.2 Å². The molecule has 0 aliphatic carbocycles. The van der Waals surface area contributed by atoms with Crippen LogP contribution in [0.3, 0.4) is 0 Å². The standard InChI is InChI=1S/C15H18F2N2O2/c1-4-11-13(20)18-15(2,3)14(21)19(11)8-9-6-5-7-10(16)12(9)17/h5-7,11H,4,8H2,1-3H3,(H,18,20). The molecule has 1 aromatic carbocycles. The number of piperazine rings is 1. The maximum Gasteiger partial charge on any atom is 0.248 e. The zero-order valence-electron chi connectivity index (χ0n) is 12.2. The molecular formula is C15H18F2N2O2. The van der Waals surface area contributed by atoms with Gasteiger partial charge in [-0.05, 0) is 26.3 Å². The van der Waals surface area contributed by atoms with Crippen molar-refractivity contribution in [3.8, 4) is 0 Å². The first-order valence-electron chi connectivity index (χ1n) is 6.84. The molecule has 1 aromatic rings. The van der Waals surface area contributed by atoms with E-state index in [-0.39, 0.29) is 23.9 Å². The second kappa shape index (κ2) is 5.42. The van der Waals surface area contributed by atoms with Crippen molar-refractivity contribution in [1.29, 1.82) is 0 Å². The Labute approximate surface area is 122 Å². The topological polar surface area (TPSA) is 49.4 Å².